The predicted molar refractivity (Wildman–Crippen MR) is 77.2 cm³/mol. The van der Waals surface area contributed by atoms with E-state index in [2.05, 4.69) is 55.8 Å². The number of ether oxygens (including phenoxy) is 1. The van der Waals surface area contributed by atoms with Crippen molar-refractivity contribution in [2.24, 2.45) is 5.92 Å². The van der Waals surface area contributed by atoms with E-state index in [1.165, 1.54) is 17.3 Å². The highest BCUT2D eigenvalue weighted by Crippen LogP contribution is 2.27. The maximum Gasteiger partial charge on any atom is 0.128 e. The SMILES string of the molecule is CCCOc1cccc2c1ccn2CCC(C)C. The molecule has 0 unspecified atom stereocenters. The Kier molecular flexibility index (Phi) is 4.29. The van der Waals surface area contributed by atoms with Gasteiger partial charge in [-0.3, -0.25) is 0 Å². The monoisotopic (exact) mass is 245 g/mol. The van der Waals surface area contributed by atoms with E-state index in [0.717, 1.165) is 31.2 Å². The quantitative estimate of drug-likeness (QED) is 0.732. The number of hydrogen-bond acceptors (Lipinski definition) is 1. The van der Waals surface area contributed by atoms with Crippen molar-refractivity contribution in [3.63, 3.8) is 0 Å². The third-order valence-corrected chi connectivity index (χ3v) is 3.18. The maximum atomic E-state index is 5.79. The molecule has 0 aliphatic heterocycles. The van der Waals surface area contributed by atoms with Crippen molar-refractivity contribution < 1.29 is 4.74 Å². The van der Waals surface area contributed by atoms with Gasteiger partial charge in [0, 0.05) is 18.1 Å². The summed E-state index contributed by atoms with van der Waals surface area (Å²) in [5.74, 6) is 1.75. The van der Waals surface area contributed by atoms with Crippen LogP contribution in [0.2, 0.25) is 0 Å². The average Bonchev–Trinajstić information content (AvgIpc) is 2.77. The van der Waals surface area contributed by atoms with E-state index in [9.17, 15) is 0 Å². The minimum atomic E-state index is 0.738. The van der Waals surface area contributed by atoms with E-state index < -0.39 is 0 Å². The topological polar surface area (TPSA) is 14.2 Å². The Bertz CT molecular complexity index is 499. The molecule has 18 heavy (non-hydrogen) atoms. The number of nitrogens with zero attached hydrogens (tertiary/aromatic N) is 1. The first-order chi connectivity index (χ1) is 8.72. The van der Waals surface area contributed by atoms with Crippen LogP contribution in [0.4, 0.5) is 0 Å². The van der Waals surface area contributed by atoms with Gasteiger partial charge in [-0.2, -0.15) is 0 Å². The van der Waals surface area contributed by atoms with Gasteiger partial charge in [0.05, 0.1) is 12.1 Å². The molecule has 0 bridgehead atoms. The van der Waals surface area contributed by atoms with Gasteiger partial charge in [-0.15, -0.1) is 0 Å². The van der Waals surface area contributed by atoms with Crippen LogP contribution < -0.4 is 4.74 Å². The van der Waals surface area contributed by atoms with Crippen molar-refractivity contribution in [1.82, 2.24) is 4.57 Å². The smallest absolute Gasteiger partial charge is 0.128 e. The Morgan fingerprint density at radius 1 is 1.22 bits per heavy atom. The van der Waals surface area contributed by atoms with Crippen LogP contribution in [0.1, 0.15) is 33.6 Å². The normalized spacial score (nSPS) is 11.3. The van der Waals surface area contributed by atoms with Crippen LogP contribution in [0.3, 0.4) is 0 Å². The summed E-state index contributed by atoms with van der Waals surface area (Å²) in [6.07, 6.45) is 4.43. The van der Waals surface area contributed by atoms with E-state index in [1.807, 2.05) is 0 Å². The van der Waals surface area contributed by atoms with Crippen molar-refractivity contribution >= 4 is 10.9 Å². The molecule has 0 radical (unpaired) electrons. The molecule has 1 aromatic heterocycles. The van der Waals surface area contributed by atoms with Crippen LogP contribution >= 0.6 is 0 Å². The standard InChI is InChI=1S/C16H23NO/c1-4-12-18-16-7-5-6-15-14(16)9-11-17(15)10-8-13(2)3/h5-7,9,11,13H,4,8,10,12H2,1-3H3. The number of aryl methyl sites for hydroxylation is 1. The summed E-state index contributed by atoms with van der Waals surface area (Å²) in [4.78, 5) is 0. The number of aromatic nitrogens is 1. The van der Waals surface area contributed by atoms with Gasteiger partial charge in [-0.05, 0) is 37.0 Å². The van der Waals surface area contributed by atoms with E-state index in [1.54, 1.807) is 0 Å². The van der Waals surface area contributed by atoms with Gasteiger partial charge >= 0.3 is 0 Å². The van der Waals surface area contributed by atoms with Crippen molar-refractivity contribution in [2.75, 3.05) is 6.61 Å². The Balaban J connectivity index is 2.24. The molecule has 0 saturated heterocycles. The van der Waals surface area contributed by atoms with Crippen molar-refractivity contribution in [3.8, 4) is 5.75 Å². The maximum absolute atomic E-state index is 5.79. The van der Waals surface area contributed by atoms with Crippen LogP contribution in [-0.2, 0) is 6.54 Å². The molecule has 98 valence electrons. The molecule has 2 rings (SSSR count). The summed E-state index contributed by atoms with van der Waals surface area (Å²) < 4.78 is 8.12. The summed E-state index contributed by atoms with van der Waals surface area (Å²) in [6.45, 7) is 8.53. The van der Waals surface area contributed by atoms with Gasteiger partial charge in [0.25, 0.3) is 0 Å². The second-order valence-electron chi connectivity index (χ2n) is 5.23. The number of fused-ring (bicyclic) bond motifs is 1. The van der Waals surface area contributed by atoms with Gasteiger partial charge in [0.15, 0.2) is 0 Å². The predicted octanol–water partition coefficient (Wildman–Crippen LogP) is 4.48. The lowest BCUT2D eigenvalue weighted by Crippen LogP contribution is -2.00. The van der Waals surface area contributed by atoms with Gasteiger partial charge in [-0.25, -0.2) is 0 Å². The molecule has 0 saturated carbocycles. The zero-order chi connectivity index (χ0) is 13.0. The van der Waals surface area contributed by atoms with Crippen molar-refractivity contribution in [2.45, 2.75) is 40.2 Å². The Labute approximate surface area is 110 Å². The molecule has 2 aromatic rings. The summed E-state index contributed by atoms with van der Waals surface area (Å²) >= 11 is 0. The lowest BCUT2D eigenvalue weighted by molar-refractivity contribution is 0.321. The van der Waals surface area contributed by atoms with E-state index in [0.29, 0.717) is 0 Å². The molecular weight excluding hydrogens is 222 g/mol. The summed E-state index contributed by atoms with van der Waals surface area (Å²) in [6, 6.07) is 8.49. The summed E-state index contributed by atoms with van der Waals surface area (Å²) in [7, 11) is 0. The molecule has 0 amide bonds. The average molecular weight is 245 g/mol. The molecule has 0 aliphatic rings. The van der Waals surface area contributed by atoms with Gasteiger partial charge in [0.2, 0.25) is 0 Å². The molecule has 0 aliphatic carbocycles. The Morgan fingerprint density at radius 2 is 2.06 bits per heavy atom. The largest absolute Gasteiger partial charge is 0.493 e. The molecule has 1 heterocycles. The van der Waals surface area contributed by atoms with Crippen LogP contribution in [0.15, 0.2) is 30.5 Å². The highest BCUT2D eigenvalue weighted by atomic mass is 16.5. The Hall–Kier alpha value is -1.44. The fourth-order valence-electron chi connectivity index (χ4n) is 2.13. The van der Waals surface area contributed by atoms with Crippen LogP contribution in [-0.4, -0.2) is 11.2 Å². The van der Waals surface area contributed by atoms with Crippen molar-refractivity contribution in [3.05, 3.63) is 30.5 Å². The van der Waals surface area contributed by atoms with Crippen LogP contribution in [0, 0.1) is 5.92 Å². The molecule has 0 fully saturated rings. The first-order valence-corrected chi connectivity index (χ1v) is 6.93. The first-order valence-electron chi connectivity index (χ1n) is 6.93. The molecule has 0 spiro atoms. The Morgan fingerprint density at radius 3 is 2.78 bits per heavy atom. The second kappa shape index (κ2) is 5.94. The molecular formula is C16H23NO. The third-order valence-electron chi connectivity index (χ3n) is 3.18. The molecule has 0 N–H and O–H groups in total. The van der Waals surface area contributed by atoms with Gasteiger partial charge < -0.3 is 9.30 Å². The van der Waals surface area contributed by atoms with E-state index in [4.69, 9.17) is 4.74 Å². The zero-order valence-electron chi connectivity index (χ0n) is 11.6. The lowest BCUT2D eigenvalue weighted by atomic mass is 10.1. The fourth-order valence-corrected chi connectivity index (χ4v) is 2.13. The number of hydrogen-bond donors (Lipinski definition) is 0. The van der Waals surface area contributed by atoms with Crippen LogP contribution in [0.5, 0.6) is 5.75 Å². The number of rotatable bonds is 6. The van der Waals surface area contributed by atoms with Gasteiger partial charge in [-0.1, -0.05) is 26.8 Å². The summed E-state index contributed by atoms with van der Waals surface area (Å²) in [5, 5.41) is 1.23. The second-order valence-corrected chi connectivity index (χ2v) is 5.23. The summed E-state index contributed by atoms with van der Waals surface area (Å²) in [5.41, 5.74) is 1.28. The van der Waals surface area contributed by atoms with Crippen molar-refractivity contribution in [1.29, 1.82) is 0 Å². The molecule has 0 atom stereocenters. The molecule has 1 aromatic carbocycles. The zero-order valence-corrected chi connectivity index (χ0v) is 11.6. The highest BCUT2D eigenvalue weighted by Gasteiger charge is 2.06. The highest BCUT2D eigenvalue weighted by molar-refractivity contribution is 5.86. The minimum Gasteiger partial charge on any atom is -0.493 e. The fraction of sp³-hybridized carbons (Fsp3) is 0.500. The van der Waals surface area contributed by atoms with Gasteiger partial charge in [0.1, 0.15) is 5.75 Å². The third kappa shape index (κ3) is 2.87. The minimum absolute atomic E-state index is 0.738. The van der Waals surface area contributed by atoms with E-state index >= 15 is 0 Å². The van der Waals surface area contributed by atoms with E-state index in [-0.39, 0.29) is 0 Å². The molecule has 2 nitrogen and oxygen atoms in total. The lowest BCUT2D eigenvalue weighted by Gasteiger charge is -2.09. The first kappa shape index (κ1) is 13.0. The number of benzene rings is 1. The molecule has 2 heteroatoms. The van der Waals surface area contributed by atoms with Crippen LogP contribution in [0.25, 0.3) is 10.9 Å².